The molecule has 1 rings (SSSR count). The molecular weight excluding hydrogens is 246 g/mol. The molecule has 0 aliphatic rings. The van der Waals surface area contributed by atoms with E-state index in [1.807, 2.05) is 14.0 Å². The van der Waals surface area contributed by atoms with Gasteiger partial charge in [-0.05, 0) is 50.8 Å². The van der Waals surface area contributed by atoms with Gasteiger partial charge in [0, 0.05) is 12.6 Å². The van der Waals surface area contributed by atoms with Crippen LogP contribution in [0.5, 0.6) is 0 Å². The molecule has 0 fully saturated rings. The number of likely N-dealkylation sites (N-methyl/N-ethyl adjacent to an activating group) is 1. The Balaban J connectivity index is 2.81. The molecule has 2 heteroatoms. The van der Waals surface area contributed by atoms with Gasteiger partial charge in [0.25, 0.3) is 0 Å². The van der Waals surface area contributed by atoms with Crippen molar-refractivity contribution in [1.29, 1.82) is 0 Å². The van der Waals surface area contributed by atoms with Crippen LogP contribution in [0.15, 0.2) is 24.3 Å². The molecular formula is C18H31NO. The van der Waals surface area contributed by atoms with Gasteiger partial charge in [-0.1, -0.05) is 45.0 Å². The summed E-state index contributed by atoms with van der Waals surface area (Å²) in [4.78, 5) is 0. The third-order valence-corrected chi connectivity index (χ3v) is 3.96. The minimum absolute atomic E-state index is 0.161. The highest BCUT2D eigenvalue weighted by molar-refractivity contribution is 5.28. The number of benzene rings is 1. The standard InChI is InChI=1S/C18H31NO/c1-8-20-18(5,6)16(19-7)13-14-9-11-15(12-10-14)17(2,3)4/h9-12,16,19H,8,13H2,1-7H3. The molecule has 2 nitrogen and oxygen atoms in total. The largest absolute Gasteiger partial charge is 0.374 e. The van der Waals surface area contributed by atoms with Crippen LogP contribution in [0.1, 0.15) is 52.7 Å². The third kappa shape index (κ3) is 4.60. The Bertz CT molecular complexity index is 400. The average Bonchev–Trinajstić information content (AvgIpc) is 2.35. The highest BCUT2D eigenvalue weighted by Gasteiger charge is 2.28. The summed E-state index contributed by atoms with van der Waals surface area (Å²) >= 11 is 0. The van der Waals surface area contributed by atoms with Crippen LogP contribution < -0.4 is 5.32 Å². The molecule has 1 N–H and O–H groups in total. The van der Waals surface area contributed by atoms with Gasteiger partial charge in [-0.25, -0.2) is 0 Å². The van der Waals surface area contributed by atoms with Crippen molar-refractivity contribution < 1.29 is 4.74 Å². The van der Waals surface area contributed by atoms with Crippen molar-refractivity contribution in [2.75, 3.05) is 13.7 Å². The van der Waals surface area contributed by atoms with Crippen LogP contribution in [-0.2, 0) is 16.6 Å². The molecule has 1 atom stereocenters. The molecule has 0 aliphatic heterocycles. The van der Waals surface area contributed by atoms with Crippen LogP contribution in [-0.4, -0.2) is 25.3 Å². The van der Waals surface area contributed by atoms with Crippen molar-refractivity contribution in [2.24, 2.45) is 0 Å². The molecule has 20 heavy (non-hydrogen) atoms. The molecule has 0 saturated heterocycles. The Hall–Kier alpha value is -0.860. The molecule has 0 spiro atoms. The van der Waals surface area contributed by atoms with E-state index in [4.69, 9.17) is 4.74 Å². The van der Waals surface area contributed by atoms with Crippen LogP contribution in [0, 0.1) is 0 Å². The van der Waals surface area contributed by atoms with Crippen molar-refractivity contribution in [1.82, 2.24) is 5.32 Å². The fourth-order valence-corrected chi connectivity index (χ4v) is 2.54. The smallest absolute Gasteiger partial charge is 0.0781 e. The molecule has 1 aromatic carbocycles. The maximum Gasteiger partial charge on any atom is 0.0781 e. The van der Waals surface area contributed by atoms with E-state index in [0.29, 0.717) is 6.04 Å². The summed E-state index contributed by atoms with van der Waals surface area (Å²) in [7, 11) is 2.01. The third-order valence-electron chi connectivity index (χ3n) is 3.96. The van der Waals surface area contributed by atoms with Gasteiger partial charge in [-0.15, -0.1) is 0 Å². The second kappa shape index (κ2) is 6.73. The number of ether oxygens (including phenoxy) is 1. The SMILES string of the molecule is CCOC(C)(C)C(Cc1ccc(C(C)(C)C)cc1)NC. The first-order valence-electron chi connectivity index (χ1n) is 7.61. The van der Waals surface area contributed by atoms with Gasteiger partial charge in [-0.3, -0.25) is 0 Å². The quantitative estimate of drug-likeness (QED) is 0.850. The van der Waals surface area contributed by atoms with Gasteiger partial charge in [0.2, 0.25) is 0 Å². The highest BCUT2D eigenvalue weighted by atomic mass is 16.5. The number of rotatable bonds is 6. The molecule has 0 aliphatic carbocycles. The van der Waals surface area contributed by atoms with Crippen molar-refractivity contribution in [3.05, 3.63) is 35.4 Å². The second-order valence-electron chi connectivity index (χ2n) is 7.03. The summed E-state index contributed by atoms with van der Waals surface area (Å²) in [6.07, 6.45) is 0.980. The lowest BCUT2D eigenvalue weighted by Crippen LogP contribution is -2.48. The molecule has 0 amide bonds. The summed E-state index contributed by atoms with van der Waals surface area (Å²) in [5, 5.41) is 3.40. The predicted octanol–water partition coefficient (Wildman–Crippen LogP) is 3.93. The van der Waals surface area contributed by atoms with E-state index in [-0.39, 0.29) is 11.0 Å². The first-order chi connectivity index (χ1) is 9.20. The van der Waals surface area contributed by atoms with E-state index in [0.717, 1.165) is 13.0 Å². The highest BCUT2D eigenvalue weighted by Crippen LogP contribution is 2.24. The van der Waals surface area contributed by atoms with Gasteiger partial charge in [0.1, 0.15) is 0 Å². The zero-order valence-corrected chi connectivity index (χ0v) is 14.2. The lowest BCUT2D eigenvalue weighted by Gasteiger charge is -2.34. The number of hydrogen-bond acceptors (Lipinski definition) is 2. The molecule has 1 aromatic rings. The summed E-state index contributed by atoms with van der Waals surface area (Å²) in [6, 6.07) is 9.29. The Morgan fingerprint density at radius 1 is 1.05 bits per heavy atom. The van der Waals surface area contributed by atoms with E-state index < -0.39 is 0 Å². The van der Waals surface area contributed by atoms with E-state index in [1.165, 1.54) is 11.1 Å². The fourth-order valence-electron chi connectivity index (χ4n) is 2.54. The Morgan fingerprint density at radius 3 is 2.00 bits per heavy atom. The molecule has 0 heterocycles. The van der Waals surface area contributed by atoms with Crippen LogP contribution >= 0.6 is 0 Å². The van der Waals surface area contributed by atoms with Gasteiger partial charge in [0.05, 0.1) is 5.60 Å². The summed E-state index contributed by atoms with van der Waals surface area (Å²) < 4.78 is 5.87. The number of nitrogens with one attached hydrogen (secondary N) is 1. The maximum absolute atomic E-state index is 5.87. The monoisotopic (exact) mass is 277 g/mol. The fraction of sp³-hybridized carbons (Fsp3) is 0.667. The molecule has 0 radical (unpaired) electrons. The molecule has 0 aromatic heterocycles. The average molecular weight is 277 g/mol. The van der Waals surface area contributed by atoms with Crippen molar-refractivity contribution >= 4 is 0 Å². The lowest BCUT2D eigenvalue weighted by molar-refractivity contribution is -0.0363. The summed E-state index contributed by atoms with van der Waals surface area (Å²) in [6.45, 7) is 13.8. The first kappa shape index (κ1) is 17.2. The Labute approximate surface area is 124 Å². The van der Waals surface area contributed by atoms with Gasteiger partial charge in [-0.2, -0.15) is 0 Å². The predicted molar refractivity (Wildman–Crippen MR) is 87.4 cm³/mol. The second-order valence-corrected chi connectivity index (χ2v) is 7.03. The first-order valence-corrected chi connectivity index (χ1v) is 7.61. The van der Waals surface area contributed by atoms with E-state index in [2.05, 4.69) is 64.2 Å². The van der Waals surface area contributed by atoms with Gasteiger partial charge >= 0.3 is 0 Å². The lowest BCUT2D eigenvalue weighted by atomic mass is 9.85. The molecule has 0 bridgehead atoms. The van der Waals surface area contributed by atoms with Crippen LogP contribution in [0.25, 0.3) is 0 Å². The van der Waals surface area contributed by atoms with E-state index in [1.54, 1.807) is 0 Å². The molecule has 0 saturated carbocycles. The summed E-state index contributed by atoms with van der Waals surface area (Å²) in [5.41, 5.74) is 2.79. The van der Waals surface area contributed by atoms with Gasteiger partial charge in [0.15, 0.2) is 0 Å². The Morgan fingerprint density at radius 2 is 1.60 bits per heavy atom. The number of hydrogen-bond donors (Lipinski definition) is 1. The van der Waals surface area contributed by atoms with Crippen molar-refractivity contribution in [2.45, 2.75) is 65.0 Å². The van der Waals surface area contributed by atoms with Crippen LogP contribution in [0.3, 0.4) is 0 Å². The van der Waals surface area contributed by atoms with Crippen molar-refractivity contribution in [3.63, 3.8) is 0 Å². The molecule has 1 unspecified atom stereocenters. The van der Waals surface area contributed by atoms with E-state index in [9.17, 15) is 0 Å². The van der Waals surface area contributed by atoms with E-state index >= 15 is 0 Å². The normalized spacial score (nSPS) is 14.3. The van der Waals surface area contributed by atoms with Crippen LogP contribution in [0.2, 0.25) is 0 Å². The van der Waals surface area contributed by atoms with Crippen molar-refractivity contribution in [3.8, 4) is 0 Å². The minimum atomic E-state index is -0.161. The van der Waals surface area contributed by atoms with Gasteiger partial charge < -0.3 is 10.1 Å². The summed E-state index contributed by atoms with van der Waals surface area (Å²) in [5.74, 6) is 0. The zero-order chi connectivity index (χ0) is 15.4. The molecule has 114 valence electrons. The maximum atomic E-state index is 5.87. The Kier molecular flexibility index (Phi) is 5.79. The van der Waals surface area contributed by atoms with Crippen LogP contribution in [0.4, 0.5) is 0 Å². The topological polar surface area (TPSA) is 21.3 Å². The zero-order valence-electron chi connectivity index (χ0n) is 14.2. The minimum Gasteiger partial charge on any atom is -0.374 e.